The maximum absolute atomic E-state index is 11.8. The highest BCUT2D eigenvalue weighted by atomic mass is 16.7. The quantitative estimate of drug-likeness (QED) is 0.523. The van der Waals surface area contributed by atoms with Crippen molar-refractivity contribution in [3.63, 3.8) is 0 Å². The van der Waals surface area contributed by atoms with Gasteiger partial charge in [0.1, 0.15) is 0 Å². The van der Waals surface area contributed by atoms with Gasteiger partial charge in [-0.15, -0.1) is 0 Å². The molecule has 0 bridgehead atoms. The molecular weight excluding hydrogens is 192 g/mol. The number of hydrogen-bond donors (Lipinski definition) is 0. The first-order chi connectivity index (χ1) is 7.14. The van der Waals surface area contributed by atoms with Crippen LogP contribution in [0.1, 0.15) is 13.8 Å². The van der Waals surface area contributed by atoms with E-state index >= 15 is 0 Å². The number of methoxy groups -OCH3 is 1. The van der Waals surface area contributed by atoms with Crippen LogP contribution in [-0.2, 0) is 14.3 Å². The highest BCUT2D eigenvalue weighted by molar-refractivity contribution is 5.99. The maximum Gasteiger partial charge on any atom is 0.253 e. The van der Waals surface area contributed by atoms with Crippen LogP contribution in [0, 0.1) is 0 Å². The molecule has 0 fully saturated rings. The van der Waals surface area contributed by atoms with E-state index in [0.29, 0.717) is 6.61 Å². The normalized spacial score (nSPS) is 26.1. The molecule has 1 aliphatic rings. The van der Waals surface area contributed by atoms with E-state index in [0.717, 1.165) is 5.57 Å². The fourth-order valence-electron chi connectivity index (χ4n) is 1.29. The van der Waals surface area contributed by atoms with Crippen molar-refractivity contribution in [1.29, 1.82) is 0 Å². The minimum absolute atomic E-state index is 0.172. The Labute approximate surface area is 90.1 Å². The molecule has 0 radical (unpaired) electrons. The van der Waals surface area contributed by atoms with Crippen LogP contribution in [0.3, 0.4) is 0 Å². The van der Waals surface area contributed by atoms with Crippen LogP contribution in [0.25, 0.3) is 0 Å². The van der Waals surface area contributed by atoms with Crippen LogP contribution >= 0.6 is 0 Å². The number of ether oxygens (including phenoxy) is 2. The average molecular weight is 208 g/mol. The summed E-state index contributed by atoms with van der Waals surface area (Å²) >= 11 is 0. The van der Waals surface area contributed by atoms with E-state index in [2.05, 4.69) is 0 Å². The van der Waals surface area contributed by atoms with Gasteiger partial charge < -0.3 is 9.47 Å². The number of hydrogen-bond acceptors (Lipinski definition) is 3. The third-order valence-corrected chi connectivity index (χ3v) is 2.20. The van der Waals surface area contributed by atoms with E-state index in [1.54, 1.807) is 6.08 Å². The molecule has 3 heteroatoms. The van der Waals surface area contributed by atoms with Crippen molar-refractivity contribution in [2.24, 2.45) is 0 Å². The highest BCUT2D eigenvalue weighted by Crippen LogP contribution is 2.22. The van der Waals surface area contributed by atoms with Crippen molar-refractivity contribution in [3.05, 3.63) is 36.0 Å². The van der Waals surface area contributed by atoms with Gasteiger partial charge in [-0.05, 0) is 31.6 Å². The first-order valence-corrected chi connectivity index (χ1v) is 4.87. The van der Waals surface area contributed by atoms with Gasteiger partial charge in [-0.3, -0.25) is 4.79 Å². The smallest absolute Gasteiger partial charge is 0.253 e. The Morgan fingerprint density at radius 3 is 2.80 bits per heavy atom. The molecule has 0 aromatic heterocycles. The Morgan fingerprint density at radius 2 is 2.27 bits per heavy atom. The van der Waals surface area contributed by atoms with E-state index in [-0.39, 0.29) is 5.78 Å². The Kier molecular flexibility index (Phi) is 4.00. The second-order valence-electron chi connectivity index (χ2n) is 3.34. The van der Waals surface area contributed by atoms with Crippen LogP contribution in [-0.4, -0.2) is 25.3 Å². The van der Waals surface area contributed by atoms with Gasteiger partial charge in [0.25, 0.3) is 5.79 Å². The second-order valence-corrected chi connectivity index (χ2v) is 3.34. The van der Waals surface area contributed by atoms with Gasteiger partial charge in [0.15, 0.2) is 0 Å². The van der Waals surface area contributed by atoms with Gasteiger partial charge in [0.05, 0.1) is 6.61 Å². The molecule has 1 rings (SSSR count). The summed E-state index contributed by atoms with van der Waals surface area (Å²) in [7, 11) is 1.46. The predicted octanol–water partition coefficient (Wildman–Crippen LogP) is 2.01. The SMILES string of the molecule is C/C=C/COC1(OC)C=CC(C)=CC1=O. The molecule has 0 aromatic rings. The summed E-state index contributed by atoms with van der Waals surface area (Å²) in [6.07, 6.45) is 8.68. The molecule has 0 aliphatic heterocycles. The third-order valence-electron chi connectivity index (χ3n) is 2.20. The number of ketones is 1. The molecule has 0 aromatic carbocycles. The lowest BCUT2D eigenvalue weighted by atomic mass is 10.0. The molecule has 1 atom stereocenters. The van der Waals surface area contributed by atoms with Crippen LogP contribution in [0.4, 0.5) is 0 Å². The monoisotopic (exact) mass is 208 g/mol. The van der Waals surface area contributed by atoms with E-state index in [9.17, 15) is 4.79 Å². The maximum atomic E-state index is 11.8. The Bertz CT molecular complexity index is 326. The summed E-state index contributed by atoms with van der Waals surface area (Å²) in [6.45, 7) is 4.11. The molecule has 1 aliphatic carbocycles. The lowest BCUT2D eigenvalue weighted by Crippen LogP contribution is -2.42. The Balaban J connectivity index is 2.78. The zero-order valence-corrected chi connectivity index (χ0v) is 9.32. The van der Waals surface area contributed by atoms with Crippen LogP contribution in [0.5, 0.6) is 0 Å². The second kappa shape index (κ2) is 5.05. The number of rotatable bonds is 4. The van der Waals surface area contributed by atoms with Gasteiger partial charge in [-0.2, -0.15) is 0 Å². The average Bonchev–Trinajstić information content (AvgIpc) is 2.22. The lowest BCUT2D eigenvalue weighted by molar-refractivity contribution is -0.187. The number of carbonyl (C=O) groups is 1. The van der Waals surface area contributed by atoms with Gasteiger partial charge in [0, 0.05) is 7.11 Å². The van der Waals surface area contributed by atoms with Gasteiger partial charge in [-0.1, -0.05) is 18.2 Å². The summed E-state index contributed by atoms with van der Waals surface area (Å²) in [5.74, 6) is -1.41. The predicted molar refractivity (Wildman–Crippen MR) is 58.4 cm³/mol. The lowest BCUT2D eigenvalue weighted by Gasteiger charge is -2.28. The van der Waals surface area contributed by atoms with Gasteiger partial charge in [0.2, 0.25) is 5.78 Å². The third kappa shape index (κ3) is 2.64. The van der Waals surface area contributed by atoms with Crippen LogP contribution in [0.2, 0.25) is 0 Å². The van der Waals surface area contributed by atoms with Crippen molar-refractivity contribution in [2.45, 2.75) is 19.6 Å². The fourth-order valence-corrected chi connectivity index (χ4v) is 1.29. The summed E-state index contributed by atoms with van der Waals surface area (Å²) < 4.78 is 10.6. The van der Waals surface area contributed by atoms with Crippen LogP contribution in [0.15, 0.2) is 36.0 Å². The first kappa shape index (κ1) is 11.9. The number of allylic oxidation sites excluding steroid dienone is 3. The molecule has 0 saturated heterocycles. The van der Waals surface area contributed by atoms with E-state index in [4.69, 9.17) is 9.47 Å². The fraction of sp³-hybridized carbons (Fsp3) is 0.417. The largest absolute Gasteiger partial charge is 0.344 e. The van der Waals surface area contributed by atoms with Crippen LogP contribution < -0.4 is 0 Å². The molecule has 0 heterocycles. The molecule has 82 valence electrons. The van der Waals surface area contributed by atoms with Gasteiger partial charge in [-0.25, -0.2) is 0 Å². The molecule has 1 unspecified atom stereocenters. The van der Waals surface area contributed by atoms with Crippen molar-refractivity contribution in [2.75, 3.05) is 13.7 Å². The molecule has 0 spiro atoms. The Hall–Kier alpha value is -1.19. The molecular formula is C12H16O3. The standard InChI is InChI=1S/C12H16O3/c1-4-5-8-15-12(14-3)7-6-10(2)9-11(12)13/h4-7,9H,8H2,1-3H3/b5-4+. The van der Waals surface area contributed by atoms with Crippen molar-refractivity contribution in [1.82, 2.24) is 0 Å². The Morgan fingerprint density at radius 1 is 1.53 bits per heavy atom. The summed E-state index contributed by atoms with van der Waals surface area (Å²) in [6, 6.07) is 0. The summed E-state index contributed by atoms with van der Waals surface area (Å²) in [4.78, 5) is 11.8. The van der Waals surface area contributed by atoms with E-state index < -0.39 is 5.79 Å². The highest BCUT2D eigenvalue weighted by Gasteiger charge is 2.37. The van der Waals surface area contributed by atoms with Gasteiger partial charge >= 0.3 is 0 Å². The minimum Gasteiger partial charge on any atom is -0.344 e. The van der Waals surface area contributed by atoms with E-state index in [1.807, 2.05) is 32.1 Å². The summed E-state index contributed by atoms with van der Waals surface area (Å²) in [5.41, 5.74) is 0.905. The number of carbonyl (C=O) groups excluding carboxylic acids is 1. The summed E-state index contributed by atoms with van der Waals surface area (Å²) in [5, 5.41) is 0. The topological polar surface area (TPSA) is 35.5 Å². The first-order valence-electron chi connectivity index (χ1n) is 4.87. The molecule has 3 nitrogen and oxygen atoms in total. The molecule has 15 heavy (non-hydrogen) atoms. The van der Waals surface area contributed by atoms with Crippen molar-refractivity contribution in [3.8, 4) is 0 Å². The molecule has 0 amide bonds. The molecule has 0 N–H and O–H groups in total. The van der Waals surface area contributed by atoms with E-state index in [1.165, 1.54) is 13.2 Å². The zero-order chi connectivity index (χ0) is 11.3. The molecule has 0 saturated carbocycles. The zero-order valence-electron chi connectivity index (χ0n) is 9.32. The minimum atomic E-state index is -1.24. The van der Waals surface area contributed by atoms with Crippen molar-refractivity contribution >= 4 is 5.78 Å². The van der Waals surface area contributed by atoms with Crippen molar-refractivity contribution < 1.29 is 14.3 Å².